The summed E-state index contributed by atoms with van der Waals surface area (Å²) in [6, 6.07) is 16.2. The van der Waals surface area contributed by atoms with Gasteiger partial charge >= 0.3 is 0 Å². The smallest absolute Gasteiger partial charge is 0.240 e. The number of para-hydroxylation sites is 1. The fraction of sp³-hybridized carbons (Fsp3) is 0.350. The van der Waals surface area contributed by atoms with E-state index >= 15 is 0 Å². The monoisotopic (exact) mass is 374 g/mol. The van der Waals surface area contributed by atoms with Crippen LogP contribution >= 0.6 is 0 Å². The van der Waals surface area contributed by atoms with Gasteiger partial charge in [-0.25, -0.2) is 13.1 Å². The highest BCUT2D eigenvalue weighted by molar-refractivity contribution is 7.89. The molecule has 0 fully saturated rings. The third-order valence-electron chi connectivity index (χ3n) is 4.06. The summed E-state index contributed by atoms with van der Waals surface area (Å²) in [6.45, 7) is 4.31. The van der Waals surface area contributed by atoms with Crippen LogP contribution in [-0.4, -0.2) is 27.9 Å². The topological polar surface area (TPSA) is 66.5 Å². The van der Waals surface area contributed by atoms with Gasteiger partial charge in [0.25, 0.3) is 0 Å². The first-order chi connectivity index (χ1) is 12.3. The van der Waals surface area contributed by atoms with Crippen LogP contribution in [0.3, 0.4) is 0 Å². The molecule has 0 radical (unpaired) electrons. The molecule has 1 N–H and O–H groups in total. The molecule has 0 saturated heterocycles. The van der Waals surface area contributed by atoms with Gasteiger partial charge in [-0.1, -0.05) is 44.2 Å². The second-order valence-corrected chi connectivity index (χ2v) is 8.44. The number of amides is 1. The van der Waals surface area contributed by atoms with Crippen molar-refractivity contribution >= 4 is 21.6 Å². The molecule has 0 aliphatic rings. The first-order valence-electron chi connectivity index (χ1n) is 8.70. The number of carbonyl (C=O) groups excluding carboxylic acids is 1. The third-order valence-corrected chi connectivity index (χ3v) is 5.50. The minimum Gasteiger partial charge on any atom is -0.315 e. The minimum absolute atomic E-state index is 0.0199. The quantitative estimate of drug-likeness (QED) is 0.771. The van der Waals surface area contributed by atoms with E-state index in [-0.39, 0.29) is 16.7 Å². The van der Waals surface area contributed by atoms with Crippen molar-refractivity contribution in [3.63, 3.8) is 0 Å². The van der Waals surface area contributed by atoms with E-state index in [0.717, 1.165) is 11.3 Å². The van der Waals surface area contributed by atoms with Crippen LogP contribution in [0.15, 0.2) is 59.5 Å². The zero-order valence-electron chi connectivity index (χ0n) is 15.5. The molecule has 26 heavy (non-hydrogen) atoms. The van der Waals surface area contributed by atoms with Crippen LogP contribution < -0.4 is 9.62 Å². The molecule has 2 aromatic carbocycles. The maximum absolute atomic E-state index is 12.3. The molecule has 1 amide bonds. The van der Waals surface area contributed by atoms with E-state index in [1.54, 1.807) is 36.2 Å². The summed E-state index contributed by atoms with van der Waals surface area (Å²) in [5.41, 5.74) is 1.79. The van der Waals surface area contributed by atoms with Gasteiger partial charge in [-0.2, -0.15) is 0 Å². The highest BCUT2D eigenvalue weighted by Crippen LogP contribution is 2.15. The molecule has 0 atom stereocenters. The van der Waals surface area contributed by atoms with Crippen LogP contribution in [0.4, 0.5) is 5.69 Å². The van der Waals surface area contributed by atoms with Gasteiger partial charge < -0.3 is 4.90 Å². The molecule has 0 spiro atoms. The highest BCUT2D eigenvalue weighted by Gasteiger charge is 2.15. The zero-order chi connectivity index (χ0) is 19.2. The van der Waals surface area contributed by atoms with Gasteiger partial charge in [-0.3, -0.25) is 4.79 Å². The Hall–Kier alpha value is -2.18. The Morgan fingerprint density at radius 3 is 2.23 bits per heavy atom. The van der Waals surface area contributed by atoms with Crippen molar-refractivity contribution in [1.82, 2.24) is 4.72 Å². The Bertz CT molecular complexity index is 816. The van der Waals surface area contributed by atoms with Crippen molar-refractivity contribution in [3.05, 3.63) is 60.2 Å². The lowest BCUT2D eigenvalue weighted by Crippen LogP contribution is -2.27. The molecular formula is C20H26N2O3S. The average Bonchev–Trinajstić information content (AvgIpc) is 2.65. The van der Waals surface area contributed by atoms with Gasteiger partial charge in [-0.05, 0) is 42.2 Å². The Morgan fingerprint density at radius 1 is 1.04 bits per heavy atom. The van der Waals surface area contributed by atoms with Crippen LogP contribution in [-0.2, 0) is 21.2 Å². The standard InChI is InChI=1S/C20H26N2O3S/c1-16(2)15-21-26(24,25)19-12-9-17(10-13-19)11-14-20(23)22(3)18-7-5-4-6-8-18/h4-10,12-13,16,21H,11,14-15H2,1-3H3. The summed E-state index contributed by atoms with van der Waals surface area (Å²) in [5, 5.41) is 0. The van der Waals surface area contributed by atoms with E-state index in [2.05, 4.69) is 4.72 Å². The largest absolute Gasteiger partial charge is 0.315 e. The number of nitrogens with one attached hydrogen (secondary N) is 1. The van der Waals surface area contributed by atoms with Crippen molar-refractivity contribution in [1.29, 1.82) is 0 Å². The number of anilines is 1. The van der Waals surface area contributed by atoms with E-state index in [1.807, 2.05) is 44.2 Å². The van der Waals surface area contributed by atoms with E-state index < -0.39 is 10.0 Å². The Morgan fingerprint density at radius 2 is 1.65 bits per heavy atom. The number of rotatable bonds is 8. The van der Waals surface area contributed by atoms with Crippen molar-refractivity contribution in [2.75, 3.05) is 18.5 Å². The third kappa shape index (κ3) is 5.68. The maximum Gasteiger partial charge on any atom is 0.240 e. The van der Waals surface area contributed by atoms with E-state index in [0.29, 0.717) is 19.4 Å². The minimum atomic E-state index is -3.48. The lowest BCUT2D eigenvalue weighted by Gasteiger charge is -2.17. The first-order valence-corrected chi connectivity index (χ1v) is 10.2. The first kappa shape index (κ1) is 20.1. The lowest BCUT2D eigenvalue weighted by molar-refractivity contribution is -0.118. The summed E-state index contributed by atoms with van der Waals surface area (Å²) < 4.78 is 27.0. The number of carbonyl (C=O) groups is 1. The molecule has 0 aliphatic carbocycles. The van der Waals surface area contributed by atoms with E-state index in [1.165, 1.54) is 0 Å². The Kier molecular flexibility index (Phi) is 6.94. The summed E-state index contributed by atoms with van der Waals surface area (Å²) in [4.78, 5) is 14.2. The molecule has 0 aromatic heterocycles. The molecule has 5 nitrogen and oxygen atoms in total. The van der Waals surface area contributed by atoms with Crippen LogP contribution in [0.2, 0.25) is 0 Å². The molecule has 0 bridgehead atoms. The van der Waals surface area contributed by atoms with E-state index in [4.69, 9.17) is 0 Å². The van der Waals surface area contributed by atoms with Gasteiger partial charge in [0.2, 0.25) is 15.9 Å². The summed E-state index contributed by atoms with van der Waals surface area (Å²) in [7, 11) is -1.72. The van der Waals surface area contributed by atoms with Crippen LogP contribution in [0, 0.1) is 5.92 Å². The fourth-order valence-corrected chi connectivity index (χ4v) is 3.62. The second kappa shape index (κ2) is 8.96. The van der Waals surface area contributed by atoms with E-state index in [9.17, 15) is 13.2 Å². The Balaban J connectivity index is 1.94. The summed E-state index contributed by atoms with van der Waals surface area (Å²) in [5.74, 6) is 0.267. The summed E-state index contributed by atoms with van der Waals surface area (Å²) in [6.07, 6.45) is 0.929. The number of sulfonamides is 1. The van der Waals surface area contributed by atoms with Crippen molar-refractivity contribution in [2.24, 2.45) is 5.92 Å². The molecule has 0 aliphatic heterocycles. The molecular weight excluding hydrogens is 348 g/mol. The second-order valence-electron chi connectivity index (χ2n) is 6.68. The molecule has 2 aromatic rings. The predicted molar refractivity (Wildman–Crippen MR) is 105 cm³/mol. The predicted octanol–water partition coefficient (Wildman–Crippen LogP) is 3.22. The number of hydrogen-bond acceptors (Lipinski definition) is 3. The average molecular weight is 375 g/mol. The molecule has 0 saturated carbocycles. The summed E-state index contributed by atoms with van der Waals surface area (Å²) >= 11 is 0. The number of hydrogen-bond donors (Lipinski definition) is 1. The zero-order valence-corrected chi connectivity index (χ0v) is 16.3. The number of nitrogens with zero attached hydrogens (tertiary/aromatic N) is 1. The molecule has 0 unspecified atom stereocenters. The Labute approximate surface area is 156 Å². The van der Waals surface area contributed by atoms with Gasteiger partial charge in [0.1, 0.15) is 0 Å². The molecule has 6 heteroatoms. The van der Waals surface area contributed by atoms with Crippen LogP contribution in [0.25, 0.3) is 0 Å². The van der Waals surface area contributed by atoms with Crippen molar-refractivity contribution in [3.8, 4) is 0 Å². The van der Waals surface area contributed by atoms with Crippen molar-refractivity contribution in [2.45, 2.75) is 31.6 Å². The number of benzene rings is 2. The number of aryl methyl sites for hydroxylation is 1. The van der Waals surface area contributed by atoms with Gasteiger partial charge in [0.15, 0.2) is 0 Å². The van der Waals surface area contributed by atoms with Gasteiger partial charge in [0.05, 0.1) is 4.90 Å². The maximum atomic E-state index is 12.3. The van der Waals surface area contributed by atoms with Gasteiger partial charge in [-0.15, -0.1) is 0 Å². The molecule has 140 valence electrons. The fourth-order valence-electron chi connectivity index (χ4n) is 2.41. The van der Waals surface area contributed by atoms with Crippen LogP contribution in [0.1, 0.15) is 25.8 Å². The molecule has 2 rings (SSSR count). The highest BCUT2D eigenvalue weighted by atomic mass is 32.2. The SMILES string of the molecule is CC(C)CNS(=O)(=O)c1ccc(CCC(=O)N(C)c2ccccc2)cc1. The lowest BCUT2D eigenvalue weighted by atomic mass is 10.1. The molecule has 0 heterocycles. The normalized spacial score (nSPS) is 11.5. The van der Waals surface area contributed by atoms with Gasteiger partial charge in [0, 0.05) is 25.7 Å². The van der Waals surface area contributed by atoms with Crippen LogP contribution in [0.5, 0.6) is 0 Å². The van der Waals surface area contributed by atoms with Crippen molar-refractivity contribution < 1.29 is 13.2 Å².